The van der Waals surface area contributed by atoms with Gasteiger partial charge in [0.15, 0.2) is 0 Å². The van der Waals surface area contributed by atoms with Crippen molar-refractivity contribution in [1.82, 2.24) is 19.9 Å². The summed E-state index contributed by atoms with van der Waals surface area (Å²) in [7, 11) is 0. The van der Waals surface area contributed by atoms with Gasteiger partial charge in [0, 0.05) is 63.4 Å². The van der Waals surface area contributed by atoms with Gasteiger partial charge in [0.25, 0.3) is 0 Å². The Hall–Kier alpha value is -6.01. The summed E-state index contributed by atoms with van der Waals surface area (Å²) >= 11 is 0. The van der Waals surface area contributed by atoms with Crippen LogP contribution in [0.2, 0.25) is 0 Å². The van der Waals surface area contributed by atoms with E-state index in [9.17, 15) is 0 Å². The van der Waals surface area contributed by atoms with Crippen LogP contribution in [0.1, 0.15) is 258 Å². The zero-order chi connectivity index (χ0) is 58.7. The largest absolute Gasteiger partial charge is 0.358 e. The van der Waals surface area contributed by atoms with Gasteiger partial charge in [0.1, 0.15) is 5.82 Å². The lowest BCUT2D eigenvalue weighted by atomic mass is 9.85. The third-order valence-corrected chi connectivity index (χ3v) is 15.5. The molecule has 8 aromatic rings. The number of benzene rings is 5. The fourth-order valence-electron chi connectivity index (χ4n) is 9.52. The fraction of sp³-hybridized carbons (Fsp3) is 0.493. The van der Waals surface area contributed by atoms with Gasteiger partial charge in [-0.2, -0.15) is 0 Å². The summed E-state index contributed by atoms with van der Waals surface area (Å²) in [6.45, 7) is 53.4. The molecular formula is C73H102N6. The van der Waals surface area contributed by atoms with E-state index in [1.54, 1.807) is 0 Å². The molecule has 2 aliphatic rings. The van der Waals surface area contributed by atoms with Gasteiger partial charge >= 0.3 is 0 Å². The molecule has 0 amide bonds. The molecule has 0 unspecified atom stereocenters. The standard InChI is InChI=1S/2C16H23N.2C14H19N.C13H18N2/c2*1-15(2,3)12-8-7-11-9-14(16(4,5)6)17-13(11)10-12;2*1-9(2)11-5-6-12-8-13(10(3)4)15-14(12)7-11;1-8(2)10-5-6-11-12(7-10)15-13(14-11)9(3)4/h2*7-8,10H,9H2,1-6H3;2*5-10,15H,1-4H3;5-9H,1-4H3,(H,14,15). The third kappa shape index (κ3) is 16.3. The molecule has 2 aliphatic heterocycles. The van der Waals surface area contributed by atoms with Crippen LogP contribution < -0.4 is 0 Å². The van der Waals surface area contributed by atoms with Crippen LogP contribution in [0.25, 0.3) is 32.8 Å². The van der Waals surface area contributed by atoms with E-state index in [0.717, 1.165) is 29.7 Å². The number of aliphatic imine (C=N–C) groups is 2. The molecule has 0 fully saturated rings. The second-order valence-electron chi connectivity index (χ2n) is 28.6. The molecule has 0 bridgehead atoms. The first kappa shape index (κ1) is 62.2. The summed E-state index contributed by atoms with van der Waals surface area (Å²) in [5.41, 5.74) is 22.8. The maximum atomic E-state index is 4.81. The van der Waals surface area contributed by atoms with Crippen molar-refractivity contribution in [3.05, 3.63) is 159 Å². The van der Waals surface area contributed by atoms with E-state index in [1.807, 2.05) is 0 Å². The Morgan fingerprint density at radius 3 is 1.05 bits per heavy atom. The van der Waals surface area contributed by atoms with Gasteiger partial charge in [0.05, 0.1) is 22.4 Å². The summed E-state index contributed by atoms with van der Waals surface area (Å²) in [6.07, 6.45) is 2.03. The van der Waals surface area contributed by atoms with E-state index in [4.69, 9.17) is 9.98 Å². The molecule has 0 atom stereocenters. The Bertz CT molecular complexity index is 3060. The Kier molecular flexibility index (Phi) is 19.5. The highest BCUT2D eigenvalue weighted by atomic mass is 14.9. The molecule has 424 valence electrons. The van der Waals surface area contributed by atoms with E-state index in [1.165, 1.54) is 94.9 Å². The molecule has 6 heteroatoms. The van der Waals surface area contributed by atoms with Gasteiger partial charge in [0.2, 0.25) is 0 Å². The number of imidazole rings is 1. The predicted molar refractivity (Wildman–Crippen MR) is 348 cm³/mol. The quantitative estimate of drug-likeness (QED) is 0.152. The first-order chi connectivity index (χ1) is 36.6. The van der Waals surface area contributed by atoms with E-state index >= 15 is 0 Å². The van der Waals surface area contributed by atoms with Crippen LogP contribution >= 0.6 is 0 Å². The molecule has 0 aliphatic carbocycles. The monoisotopic (exact) mass is 1060 g/mol. The maximum Gasteiger partial charge on any atom is 0.109 e. The summed E-state index contributed by atoms with van der Waals surface area (Å²) in [5.74, 6) is 4.44. The zero-order valence-electron chi connectivity index (χ0n) is 53.5. The molecule has 10 rings (SSSR count). The smallest absolute Gasteiger partial charge is 0.109 e. The Labute approximate surface area is 478 Å². The van der Waals surface area contributed by atoms with Crippen LogP contribution in [-0.4, -0.2) is 31.4 Å². The van der Waals surface area contributed by atoms with Crippen LogP contribution in [0.15, 0.2) is 113 Å². The number of hydrogen-bond donors (Lipinski definition) is 3. The van der Waals surface area contributed by atoms with Crippen LogP contribution in [0.4, 0.5) is 11.4 Å². The number of nitrogens with one attached hydrogen (secondary N) is 3. The molecule has 3 N–H and O–H groups in total. The summed E-state index contributed by atoms with van der Waals surface area (Å²) in [5, 5.41) is 2.64. The SMILES string of the molecule is CC(C)(C)C1=Nc2cc(C(C)(C)C)ccc2C1.CC(C)(C)C1=Nc2cc(C(C)(C)C)ccc2C1.CC(C)c1ccc2cc(C(C)C)[nH]c2c1.CC(C)c1ccc2cc(C(C)C)[nH]c2c1.CC(C)c1ccc2nc(C(C)C)[nH]c2c1. The van der Waals surface area contributed by atoms with Crippen LogP contribution in [0, 0.1) is 10.8 Å². The summed E-state index contributed by atoms with van der Waals surface area (Å²) in [6, 6.07) is 37.9. The normalized spacial score (nSPS) is 13.5. The minimum Gasteiger partial charge on any atom is -0.358 e. The maximum absolute atomic E-state index is 4.81. The van der Waals surface area contributed by atoms with Gasteiger partial charge in [-0.15, -0.1) is 0 Å². The molecule has 0 radical (unpaired) electrons. The first-order valence-electron chi connectivity index (χ1n) is 29.8. The molecular weight excluding hydrogens is 961 g/mol. The van der Waals surface area contributed by atoms with E-state index in [0.29, 0.717) is 35.5 Å². The minimum atomic E-state index is 0.181. The summed E-state index contributed by atoms with van der Waals surface area (Å²) in [4.78, 5) is 24.5. The number of hydrogen-bond acceptors (Lipinski definition) is 3. The van der Waals surface area contributed by atoms with Crippen molar-refractivity contribution in [3.8, 4) is 0 Å². The average Bonchev–Trinajstić information content (AvgIpc) is 4.28. The molecule has 0 saturated carbocycles. The number of fused-ring (bicyclic) bond motifs is 5. The van der Waals surface area contributed by atoms with Gasteiger partial charge in [-0.3, -0.25) is 9.98 Å². The molecule has 0 saturated heterocycles. The lowest BCUT2D eigenvalue weighted by Crippen LogP contribution is -2.19. The second kappa shape index (κ2) is 24.8. The number of rotatable bonds is 6. The summed E-state index contributed by atoms with van der Waals surface area (Å²) < 4.78 is 0. The topological polar surface area (TPSA) is 85.0 Å². The molecule has 79 heavy (non-hydrogen) atoms. The number of aromatic amines is 3. The van der Waals surface area contributed by atoms with Crippen molar-refractivity contribution >= 4 is 55.6 Å². The highest BCUT2D eigenvalue weighted by molar-refractivity contribution is 5.98. The van der Waals surface area contributed by atoms with Crippen molar-refractivity contribution in [3.63, 3.8) is 0 Å². The van der Waals surface area contributed by atoms with Crippen molar-refractivity contribution < 1.29 is 0 Å². The molecule has 6 nitrogen and oxygen atoms in total. The van der Waals surface area contributed by atoms with Crippen molar-refractivity contribution in [1.29, 1.82) is 0 Å². The minimum absolute atomic E-state index is 0.181. The third-order valence-electron chi connectivity index (χ3n) is 15.5. The second-order valence-corrected chi connectivity index (χ2v) is 28.6. The fourth-order valence-corrected chi connectivity index (χ4v) is 9.52. The van der Waals surface area contributed by atoms with E-state index < -0.39 is 0 Å². The molecule has 3 aromatic heterocycles. The zero-order valence-corrected chi connectivity index (χ0v) is 53.5. The van der Waals surface area contributed by atoms with E-state index in [2.05, 4.69) is 289 Å². The van der Waals surface area contributed by atoms with Gasteiger partial charge < -0.3 is 15.0 Å². The molecule has 5 heterocycles. The first-order valence-corrected chi connectivity index (χ1v) is 29.8. The van der Waals surface area contributed by atoms with Gasteiger partial charge in [-0.05, 0) is 139 Å². The van der Waals surface area contributed by atoms with Crippen LogP contribution in [0.3, 0.4) is 0 Å². The molecule has 5 aromatic carbocycles. The highest BCUT2D eigenvalue weighted by Gasteiger charge is 2.28. The van der Waals surface area contributed by atoms with Crippen molar-refractivity contribution in [2.24, 2.45) is 20.8 Å². The predicted octanol–water partition coefficient (Wildman–Crippen LogP) is 22.0. The Morgan fingerprint density at radius 2 is 0.722 bits per heavy atom. The Balaban J connectivity index is 0.000000160. The van der Waals surface area contributed by atoms with Crippen LogP contribution in [0.5, 0.6) is 0 Å². The van der Waals surface area contributed by atoms with Gasteiger partial charge in [-0.25, -0.2) is 4.98 Å². The van der Waals surface area contributed by atoms with Crippen molar-refractivity contribution in [2.45, 2.75) is 225 Å². The Morgan fingerprint density at radius 1 is 0.354 bits per heavy atom. The number of aromatic nitrogens is 4. The van der Waals surface area contributed by atoms with Crippen molar-refractivity contribution in [2.75, 3.05) is 0 Å². The molecule has 0 spiro atoms. The van der Waals surface area contributed by atoms with Crippen LogP contribution in [-0.2, 0) is 23.7 Å². The average molecular weight is 1060 g/mol. The number of H-pyrrole nitrogens is 3. The van der Waals surface area contributed by atoms with E-state index in [-0.39, 0.29) is 21.7 Å². The lowest BCUT2D eigenvalue weighted by molar-refractivity contribution is 0.584. The lowest BCUT2D eigenvalue weighted by Gasteiger charge is -2.19. The highest BCUT2D eigenvalue weighted by Crippen LogP contribution is 2.38. The van der Waals surface area contributed by atoms with Gasteiger partial charge in [-0.1, -0.05) is 221 Å². The number of nitrogens with zero attached hydrogens (tertiary/aromatic N) is 3.